The molecule has 0 aliphatic heterocycles. The lowest BCUT2D eigenvalue weighted by Crippen LogP contribution is -1.92. The predicted molar refractivity (Wildman–Crippen MR) is 75.9 cm³/mol. The first kappa shape index (κ1) is 11.3. The lowest BCUT2D eigenvalue weighted by Gasteiger charge is -2.04. The smallest absolute Gasteiger partial charge is 0.0504 e. The topological polar surface area (TPSA) is 17.8 Å². The van der Waals surface area contributed by atoms with Crippen molar-refractivity contribution in [1.29, 1.82) is 0 Å². The van der Waals surface area contributed by atoms with Crippen LogP contribution in [0.15, 0.2) is 42.7 Å². The quantitative estimate of drug-likeness (QED) is 0.638. The van der Waals surface area contributed by atoms with E-state index < -0.39 is 0 Å². The van der Waals surface area contributed by atoms with Gasteiger partial charge in [0.2, 0.25) is 0 Å². The van der Waals surface area contributed by atoms with E-state index in [0.29, 0.717) is 0 Å². The van der Waals surface area contributed by atoms with E-state index in [4.69, 9.17) is 11.6 Å². The molecule has 0 N–H and O–H groups in total. The molecule has 18 heavy (non-hydrogen) atoms. The normalized spacial score (nSPS) is 11.1. The largest absolute Gasteiger partial charge is 0.344 e. The molecular weight excluding hydrogens is 244 g/mol. The number of halogens is 1. The second-order valence-electron chi connectivity index (χ2n) is 4.54. The first-order valence-electron chi connectivity index (χ1n) is 5.82. The van der Waals surface area contributed by atoms with Crippen LogP contribution in [-0.4, -0.2) is 9.55 Å². The van der Waals surface area contributed by atoms with Crippen molar-refractivity contribution in [3.05, 3.63) is 53.3 Å². The van der Waals surface area contributed by atoms with Crippen molar-refractivity contribution in [3.63, 3.8) is 0 Å². The standard InChI is InChI=1S/C15H13ClN2/c1-10-5-12(9-17-8-10)14-6-11-3-4-13(16)7-15(11)18(14)2/h3-9H,1-2H3. The Labute approximate surface area is 111 Å². The number of hydrogen-bond donors (Lipinski definition) is 0. The fourth-order valence-corrected chi connectivity index (χ4v) is 2.44. The Kier molecular flexibility index (Phi) is 2.60. The predicted octanol–water partition coefficient (Wildman–Crippen LogP) is 4.20. The SMILES string of the molecule is Cc1cncc(-c2cc3ccc(Cl)cc3n2C)c1. The first-order valence-corrected chi connectivity index (χ1v) is 6.20. The molecule has 0 unspecified atom stereocenters. The maximum Gasteiger partial charge on any atom is 0.0504 e. The van der Waals surface area contributed by atoms with Gasteiger partial charge in [-0.3, -0.25) is 4.98 Å². The van der Waals surface area contributed by atoms with Crippen LogP contribution in [0.25, 0.3) is 22.2 Å². The second-order valence-corrected chi connectivity index (χ2v) is 4.98. The highest BCUT2D eigenvalue weighted by molar-refractivity contribution is 6.31. The molecule has 2 heterocycles. The lowest BCUT2D eigenvalue weighted by molar-refractivity contribution is 0.976. The van der Waals surface area contributed by atoms with E-state index in [0.717, 1.165) is 27.4 Å². The van der Waals surface area contributed by atoms with Gasteiger partial charge in [0.1, 0.15) is 0 Å². The molecule has 2 aromatic heterocycles. The Bertz CT molecular complexity index is 728. The van der Waals surface area contributed by atoms with Crippen LogP contribution in [0.5, 0.6) is 0 Å². The van der Waals surface area contributed by atoms with Gasteiger partial charge in [0.25, 0.3) is 0 Å². The maximum atomic E-state index is 6.05. The van der Waals surface area contributed by atoms with Crippen molar-refractivity contribution in [3.8, 4) is 11.3 Å². The molecule has 0 atom stereocenters. The zero-order valence-electron chi connectivity index (χ0n) is 10.3. The average Bonchev–Trinajstić information content (AvgIpc) is 2.67. The van der Waals surface area contributed by atoms with Gasteiger partial charge < -0.3 is 4.57 Å². The Morgan fingerprint density at radius 2 is 1.94 bits per heavy atom. The summed E-state index contributed by atoms with van der Waals surface area (Å²) in [5.41, 5.74) is 4.59. The van der Waals surface area contributed by atoms with Crippen molar-refractivity contribution in [2.24, 2.45) is 7.05 Å². The third-order valence-electron chi connectivity index (χ3n) is 3.18. The summed E-state index contributed by atoms with van der Waals surface area (Å²) in [6, 6.07) is 10.3. The van der Waals surface area contributed by atoms with E-state index in [9.17, 15) is 0 Å². The zero-order chi connectivity index (χ0) is 12.7. The molecule has 90 valence electrons. The molecule has 3 rings (SSSR count). The Balaban J connectivity index is 2.27. The number of aryl methyl sites for hydroxylation is 2. The van der Waals surface area contributed by atoms with E-state index in [1.807, 2.05) is 30.6 Å². The van der Waals surface area contributed by atoms with Crippen LogP contribution in [0.2, 0.25) is 5.02 Å². The molecule has 0 saturated carbocycles. The Morgan fingerprint density at radius 3 is 2.72 bits per heavy atom. The maximum absolute atomic E-state index is 6.05. The molecule has 3 aromatic rings. The van der Waals surface area contributed by atoms with Gasteiger partial charge in [-0.05, 0) is 36.8 Å². The highest BCUT2D eigenvalue weighted by atomic mass is 35.5. The van der Waals surface area contributed by atoms with Crippen molar-refractivity contribution < 1.29 is 0 Å². The molecular formula is C15H13ClN2. The Morgan fingerprint density at radius 1 is 1.11 bits per heavy atom. The summed E-state index contributed by atoms with van der Waals surface area (Å²) in [4.78, 5) is 4.25. The number of fused-ring (bicyclic) bond motifs is 1. The van der Waals surface area contributed by atoms with Crippen molar-refractivity contribution in [1.82, 2.24) is 9.55 Å². The van der Waals surface area contributed by atoms with Gasteiger partial charge in [-0.15, -0.1) is 0 Å². The van der Waals surface area contributed by atoms with Crippen LogP contribution in [0.4, 0.5) is 0 Å². The van der Waals surface area contributed by atoms with E-state index in [1.54, 1.807) is 0 Å². The van der Waals surface area contributed by atoms with Crippen molar-refractivity contribution in [2.75, 3.05) is 0 Å². The van der Waals surface area contributed by atoms with Gasteiger partial charge in [0.05, 0.1) is 5.69 Å². The number of nitrogens with zero attached hydrogens (tertiary/aromatic N) is 2. The van der Waals surface area contributed by atoms with Crippen molar-refractivity contribution in [2.45, 2.75) is 6.92 Å². The minimum Gasteiger partial charge on any atom is -0.344 e. The highest BCUT2D eigenvalue weighted by Crippen LogP contribution is 2.28. The van der Waals surface area contributed by atoms with E-state index in [2.05, 4.69) is 35.7 Å². The molecule has 1 aromatic carbocycles. The highest BCUT2D eigenvalue weighted by Gasteiger charge is 2.08. The summed E-state index contributed by atoms with van der Waals surface area (Å²) in [6.45, 7) is 2.05. The number of hydrogen-bond acceptors (Lipinski definition) is 1. The molecule has 0 fully saturated rings. The van der Waals surface area contributed by atoms with Crippen LogP contribution >= 0.6 is 11.6 Å². The molecule has 2 nitrogen and oxygen atoms in total. The van der Waals surface area contributed by atoms with Gasteiger partial charge >= 0.3 is 0 Å². The molecule has 0 spiro atoms. The lowest BCUT2D eigenvalue weighted by atomic mass is 10.1. The van der Waals surface area contributed by atoms with Gasteiger partial charge in [-0.2, -0.15) is 0 Å². The fraction of sp³-hybridized carbons (Fsp3) is 0.133. The van der Waals surface area contributed by atoms with Crippen LogP contribution in [0.3, 0.4) is 0 Å². The summed E-state index contributed by atoms with van der Waals surface area (Å²) in [7, 11) is 2.05. The zero-order valence-corrected chi connectivity index (χ0v) is 11.1. The monoisotopic (exact) mass is 256 g/mol. The van der Waals surface area contributed by atoms with Crippen LogP contribution in [0.1, 0.15) is 5.56 Å². The van der Waals surface area contributed by atoms with E-state index >= 15 is 0 Å². The third kappa shape index (κ3) is 1.79. The van der Waals surface area contributed by atoms with Crippen LogP contribution in [-0.2, 0) is 7.05 Å². The second kappa shape index (κ2) is 4.14. The minimum absolute atomic E-state index is 0.762. The van der Waals surface area contributed by atoms with Gasteiger partial charge in [0.15, 0.2) is 0 Å². The molecule has 0 aliphatic carbocycles. The average molecular weight is 257 g/mol. The molecule has 0 bridgehead atoms. The summed E-state index contributed by atoms with van der Waals surface area (Å²) in [5.74, 6) is 0. The van der Waals surface area contributed by atoms with Gasteiger partial charge in [-0.1, -0.05) is 17.7 Å². The van der Waals surface area contributed by atoms with Crippen LogP contribution in [0, 0.1) is 6.92 Å². The van der Waals surface area contributed by atoms with Gasteiger partial charge in [-0.25, -0.2) is 0 Å². The Hall–Kier alpha value is -1.80. The van der Waals surface area contributed by atoms with E-state index in [-0.39, 0.29) is 0 Å². The first-order chi connectivity index (χ1) is 8.65. The summed E-state index contributed by atoms with van der Waals surface area (Å²) >= 11 is 6.05. The molecule has 0 amide bonds. The number of benzene rings is 1. The summed E-state index contributed by atoms with van der Waals surface area (Å²) < 4.78 is 2.15. The van der Waals surface area contributed by atoms with Gasteiger partial charge in [0, 0.05) is 40.9 Å². The van der Waals surface area contributed by atoms with E-state index in [1.165, 1.54) is 5.39 Å². The third-order valence-corrected chi connectivity index (χ3v) is 3.41. The molecule has 3 heteroatoms. The molecule has 0 radical (unpaired) electrons. The molecule has 0 aliphatic rings. The molecule has 0 saturated heterocycles. The number of pyridine rings is 1. The van der Waals surface area contributed by atoms with Crippen molar-refractivity contribution >= 4 is 22.5 Å². The van der Waals surface area contributed by atoms with Crippen LogP contribution < -0.4 is 0 Å². The summed E-state index contributed by atoms with van der Waals surface area (Å²) in [5, 5.41) is 1.95. The number of rotatable bonds is 1. The fourth-order valence-electron chi connectivity index (χ4n) is 2.28. The minimum atomic E-state index is 0.762. The summed E-state index contributed by atoms with van der Waals surface area (Å²) in [6.07, 6.45) is 3.76. The number of aromatic nitrogens is 2.